The minimum absolute atomic E-state index is 0.0517. The monoisotopic (exact) mass is 273 g/mol. The zero-order valence-corrected chi connectivity index (χ0v) is 10.8. The summed E-state index contributed by atoms with van der Waals surface area (Å²) in [6.45, 7) is 4.79. The lowest BCUT2D eigenvalue weighted by Crippen LogP contribution is -2.13. The number of nitro groups is 1. The molecule has 0 saturated heterocycles. The van der Waals surface area contributed by atoms with E-state index >= 15 is 0 Å². The molecular formula is C10H12ClN3O4. The minimum atomic E-state index is -0.681. The van der Waals surface area contributed by atoms with Crippen molar-refractivity contribution in [3.05, 3.63) is 21.3 Å². The van der Waals surface area contributed by atoms with E-state index in [0.717, 1.165) is 6.07 Å². The number of hydrogen-bond acceptors (Lipinski definition) is 5. The van der Waals surface area contributed by atoms with Crippen LogP contribution in [0.4, 0.5) is 11.4 Å². The quantitative estimate of drug-likeness (QED) is 0.516. The van der Waals surface area contributed by atoms with Crippen molar-refractivity contribution in [1.82, 2.24) is 4.98 Å². The maximum atomic E-state index is 11.0. The van der Waals surface area contributed by atoms with Crippen LogP contribution in [0.15, 0.2) is 6.07 Å². The first-order valence-corrected chi connectivity index (χ1v) is 5.48. The van der Waals surface area contributed by atoms with Crippen LogP contribution in [-0.2, 0) is 4.79 Å². The molecule has 0 aliphatic carbocycles. The molecule has 0 aromatic carbocycles. The lowest BCUT2D eigenvalue weighted by Gasteiger charge is -2.13. The molecule has 0 aliphatic heterocycles. The molecule has 1 rings (SSSR count). The van der Waals surface area contributed by atoms with Crippen LogP contribution in [0.1, 0.15) is 20.8 Å². The number of halogens is 1. The van der Waals surface area contributed by atoms with Gasteiger partial charge in [0, 0.05) is 13.0 Å². The molecule has 0 atom stereocenters. The highest BCUT2D eigenvalue weighted by molar-refractivity contribution is 6.31. The summed E-state index contributed by atoms with van der Waals surface area (Å²) in [7, 11) is 0. The van der Waals surface area contributed by atoms with Crippen molar-refractivity contribution >= 4 is 28.9 Å². The molecule has 0 aliphatic rings. The third-order valence-electron chi connectivity index (χ3n) is 1.78. The van der Waals surface area contributed by atoms with Crippen molar-refractivity contribution in [2.45, 2.75) is 26.9 Å². The first kappa shape index (κ1) is 14.2. The summed E-state index contributed by atoms with van der Waals surface area (Å²) in [4.78, 5) is 24.8. The molecule has 1 amide bonds. The van der Waals surface area contributed by atoms with Gasteiger partial charge in [0.1, 0.15) is 5.69 Å². The standard InChI is InChI=1S/C10H12ClN3O4/c1-5(2)18-10-7(12-6(3)15)4-8(14(16)17)9(11)13-10/h4-5H,1-3H3,(H,12,15). The van der Waals surface area contributed by atoms with Gasteiger partial charge >= 0.3 is 5.69 Å². The zero-order valence-electron chi connectivity index (χ0n) is 10.1. The molecule has 0 bridgehead atoms. The van der Waals surface area contributed by atoms with Gasteiger partial charge in [0.25, 0.3) is 0 Å². The zero-order chi connectivity index (χ0) is 13.9. The van der Waals surface area contributed by atoms with E-state index in [2.05, 4.69) is 10.3 Å². The van der Waals surface area contributed by atoms with E-state index in [9.17, 15) is 14.9 Å². The maximum Gasteiger partial charge on any atom is 0.308 e. The number of aromatic nitrogens is 1. The number of pyridine rings is 1. The third-order valence-corrected chi connectivity index (χ3v) is 2.06. The van der Waals surface area contributed by atoms with E-state index in [1.165, 1.54) is 6.92 Å². The van der Waals surface area contributed by atoms with Crippen LogP contribution in [0.5, 0.6) is 5.88 Å². The second kappa shape index (κ2) is 5.63. The minimum Gasteiger partial charge on any atom is -0.473 e. The summed E-state index contributed by atoms with van der Waals surface area (Å²) in [6, 6.07) is 1.12. The number of nitrogens with one attached hydrogen (secondary N) is 1. The maximum absolute atomic E-state index is 11.0. The average molecular weight is 274 g/mol. The van der Waals surface area contributed by atoms with E-state index in [-0.39, 0.29) is 28.7 Å². The molecule has 1 aromatic rings. The number of rotatable bonds is 4. The smallest absolute Gasteiger partial charge is 0.308 e. The Bertz CT molecular complexity index is 490. The summed E-state index contributed by atoms with van der Waals surface area (Å²) in [5, 5.41) is 12.8. The first-order chi connectivity index (χ1) is 8.31. The van der Waals surface area contributed by atoms with Crippen molar-refractivity contribution < 1.29 is 14.5 Å². The van der Waals surface area contributed by atoms with Gasteiger partial charge in [-0.25, -0.2) is 0 Å². The van der Waals surface area contributed by atoms with Crippen molar-refractivity contribution in [2.24, 2.45) is 0 Å². The van der Waals surface area contributed by atoms with Crippen molar-refractivity contribution in [1.29, 1.82) is 0 Å². The number of anilines is 1. The molecule has 0 radical (unpaired) electrons. The fourth-order valence-electron chi connectivity index (χ4n) is 1.18. The van der Waals surface area contributed by atoms with Gasteiger partial charge in [0.2, 0.25) is 16.9 Å². The van der Waals surface area contributed by atoms with Crippen LogP contribution >= 0.6 is 11.6 Å². The number of amides is 1. The number of hydrogen-bond donors (Lipinski definition) is 1. The van der Waals surface area contributed by atoms with Gasteiger partial charge in [-0.3, -0.25) is 14.9 Å². The Morgan fingerprint density at radius 2 is 2.22 bits per heavy atom. The topological polar surface area (TPSA) is 94.4 Å². The number of carbonyl (C=O) groups excluding carboxylic acids is 1. The van der Waals surface area contributed by atoms with Gasteiger partial charge in [0.05, 0.1) is 11.0 Å². The molecule has 0 fully saturated rings. The van der Waals surface area contributed by atoms with E-state index in [0.29, 0.717) is 0 Å². The first-order valence-electron chi connectivity index (χ1n) is 5.10. The van der Waals surface area contributed by atoms with Gasteiger partial charge in [-0.15, -0.1) is 0 Å². The molecule has 8 heteroatoms. The van der Waals surface area contributed by atoms with Crippen LogP contribution in [-0.4, -0.2) is 21.9 Å². The predicted molar refractivity (Wildman–Crippen MR) is 66.0 cm³/mol. The lowest BCUT2D eigenvalue weighted by molar-refractivity contribution is -0.385. The molecule has 1 aromatic heterocycles. The molecular weight excluding hydrogens is 262 g/mol. The Balaban J connectivity index is 3.27. The highest BCUT2D eigenvalue weighted by Crippen LogP contribution is 2.32. The van der Waals surface area contributed by atoms with Crippen molar-refractivity contribution in [2.75, 3.05) is 5.32 Å². The molecule has 1 N–H and O–H groups in total. The predicted octanol–water partition coefficient (Wildman–Crippen LogP) is 2.39. The summed E-state index contributed by atoms with van der Waals surface area (Å²) >= 11 is 5.67. The Hall–Kier alpha value is -1.89. The van der Waals surface area contributed by atoms with E-state index < -0.39 is 10.6 Å². The van der Waals surface area contributed by atoms with E-state index in [1.807, 2.05) is 0 Å². The number of carbonyl (C=O) groups is 1. The van der Waals surface area contributed by atoms with Gasteiger partial charge in [-0.1, -0.05) is 11.6 Å². The second-order valence-corrected chi connectivity index (χ2v) is 4.11. The normalized spacial score (nSPS) is 10.3. The van der Waals surface area contributed by atoms with Gasteiger partial charge < -0.3 is 10.1 Å². The second-order valence-electron chi connectivity index (χ2n) is 3.76. The van der Waals surface area contributed by atoms with E-state index in [1.54, 1.807) is 13.8 Å². The van der Waals surface area contributed by atoms with Crippen LogP contribution in [0.3, 0.4) is 0 Å². The fourth-order valence-corrected chi connectivity index (χ4v) is 1.39. The molecule has 18 heavy (non-hydrogen) atoms. The molecule has 7 nitrogen and oxygen atoms in total. The van der Waals surface area contributed by atoms with Crippen LogP contribution in [0.25, 0.3) is 0 Å². The fraction of sp³-hybridized carbons (Fsp3) is 0.400. The summed E-state index contributed by atoms with van der Waals surface area (Å²) in [5.41, 5.74) is -0.274. The van der Waals surface area contributed by atoms with Crippen LogP contribution in [0, 0.1) is 10.1 Å². The van der Waals surface area contributed by atoms with Crippen molar-refractivity contribution in [3.63, 3.8) is 0 Å². The molecule has 0 unspecified atom stereocenters. The third kappa shape index (κ3) is 3.56. The highest BCUT2D eigenvalue weighted by Gasteiger charge is 2.20. The van der Waals surface area contributed by atoms with E-state index in [4.69, 9.17) is 16.3 Å². The molecule has 1 heterocycles. The Morgan fingerprint density at radius 3 is 2.67 bits per heavy atom. The van der Waals surface area contributed by atoms with Gasteiger partial charge in [-0.05, 0) is 13.8 Å². The SMILES string of the molecule is CC(=O)Nc1cc([N+](=O)[O-])c(Cl)nc1OC(C)C. The van der Waals surface area contributed by atoms with Crippen LogP contribution in [0.2, 0.25) is 5.15 Å². The Morgan fingerprint density at radius 1 is 1.61 bits per heavy atom. The molecule has 98 valence electrons. The number of nitrogens with zero attached hydrogens (tertiary/aromatic N) is 2. The molecule has 0 spiro atoms. The summed E-state index contributed by atoms with van der Waals surface area (Å²) < 4.78 is 5.33. The summed E-state index contributed by atoms with van der Waals surface area (Å²) in [6.07, 6.45) is -0.206. The number of ether oxygens (including phenoxy) is 1. The van der Waals surface area contributed by atoms with Crippen molar-refractivity contribution in [3.8, 4) is 5.88 Å². The van der Waals surface area contributed by atoms with Crippen LogP contribution < -0.4 is 10.1 Å². The van der Waals surface area contributed by atoms with Gasteiger partial charge in [-0.2, -0.15) is 4.98 Å². The lowest BCUT2D eigenvalue weighted by atomic mass is 10.3. The van der Waals surface area contributed by atoms with Gasteiger partial charge in [0.15, 0.2) is 0 Å². The average Bonchev–Trinajstić information content (AvgIpc) is 2.19. The Labute approximate surface area is 108 Å². The summed E-state index contributed by atoms with van der Waals surface area (Å²) in [5.74, 6) is -0.335. The largest absolute Gasteiger partial charge is 0.473 e. The Kier molecular flexibility index (Phi) is 4.43. The molecule has 0 saturated carbocycles. The highest BCUT2D eigenvalue weighted by atomic mass is 35.5.